The molecule has 0 unspecified atom stereocenters. The summed E-state index contributed by atoms with van der Waals surface area (Å²) >= 11 is 5.82. The van der Waals surface area contributed by atoms with Crippen molar-refractivity contribution in [2.75, 3.05) is 5.78 Å². The van der Waals surface area contributed by atoms with E-state index < -0.39 is 0 Å². The lowest BCUT2D eigenvalue weighted by atomic mass is 9.43. The Morgan fingerprint density at radius 1 is 1.33 bits per heavy atom. The third kappa shape index (κ3) is 1.15. The zero-order chi connectivity index (χ0) is 10.8. The fraction of sp³-hybridized carbons (Fsp3) is 1.00. The summed E-state index contributed by atoms with van der Waals surface area (Å²) in [5.74, 6) is 1.91. The molecule has 0 radical (unpaired) electrons. The lowest BCUT2D eigenvalue weighted by molar-refractivity contribution is -0.199. The van der Waals surface area contributed by atoms with E-state index in [-0.39, 0.29) is 18.8 Å². The van der Waals surface area contributed by atoms with Gasteiger partial charge in [0.2, 0.25) is 0 Å². The number of hydrogen-bond acceptors (Lipinski definition) is 2. The van der Waals surface area contributed by atoms with Crippen LogP contribution < -0.4 is 0 Å². The average Bonchev–Trinajstić information content (AvgIpc) is 2.53. The Kier molecular flexibility index (Phi) is 2.04. The summed E-state index contributed by atoms with van der Waals surface area (Å²) in [5, 5.41) is 0. The Bertz CT molecular complexity index is 296. The van der Waals surface area contributed by atoms with Crippen molar-refractivity contribution in [1.29, 1.82) is 0 Å². The maximum Gasteiger partial charge on any atom is 0.473 e. The van der Waals surface area contributed by atoms with Gasteiger partial charge in [-0.2, -0.15) is 0 Å². The molecule has 0 aromatic rings. The summed E-state index contributed by atoms with van der Waals surface area (Å²) in [6.45, 7) is 6.95. The zero-order valence-corrected chi connectivity index (χ0v) is 10.4. The highest BCUT2D eigenvalue weighted by Gasteiger charge is 2.67. The zero-order valence-electron chi connectivity index (χ0n) is 9.63. The second-order valence-electron chi connectivity index (χ2n) is 6.05. The molecule has 2 nitrogen and oxygen atoms in total. The molecule has 4 rings (SSSR count). The third-order valence-electron chi connectivity index (χ3n) is 5.13. The van der Waals surface area contributed by atoms with Crippen LogP contribution in [0.5, 0.6) is 0 Å². The maximum atomic E-state index is 6.03. The Hall–Kier alpha value is 0.275. The van der Waals surface area contributed by atoms with E-state index in [2.05, 4.69) is 20.8 Å². The molecule has 4 atom stereocenters. The van der Waals surface area contributed by atoms with Crippen LogP contribution in [0.3, 0.4) is 0 Å². The predicted octanol–water partition coefficient (Wildman–Crippen LogP) is 2.49. The van der Waals surface area contributed by atoms with Gasteiger partial charge in [0.15, 0.2) is 0 Å². The van der Waals surface area contributed by atoms with Crippen molar-refractivity contribution in [2.45, 2.75) is 45.3 Å². The van der Waals surface area contributed by atoms with Crippen LogP contribution in [0, 0.1) is 17.3 Å². The highest BCUT2D eigenvalue weighted by molar-refractivity contribution is 6.57. The fourth-order valence-electron chi connectivity index (χ4n) is 4.02. The molecule has 4 fully saturated rings. The molecule has 0 aromatic heterocycles. The van der Waals surface area contributed by atoms with Gasteiger partial charge < -0.3 is 9.31 Å². The van der Waals surface area contributed by atoms with Gasteiger partial charge in [0.1, 0.15) is 0 Å². The lowest BCUT2D eigenvalue weighted by Gasteiger charge is -2.64. The molecular formula is C11H18BClO2. The molecule has 0 amide bonds. The van der Waals surface area contributed by atoms with Crippen LogP contribution in [0.15, 0.2) is 0 Å². The van der Waals surface area contributed by atoms with Crippen LogP contribution in [0.4, 0.5) is 0 Å². The van der Waals surface area contributed by atoms with Gasteiger partial charge in [-0.25, -0.2) is 0 Å². The van der Waals surface area contributed by atoms with Gasteiger partial charge in [-0.1, -0.05) is 13.8 Å². The fourth-order valence-corrected chi connectivity index (χ4v) is 4.15. The molecule has 1 saturated heterocycles. The second-order valence-corrected chi connectivity index (χ2v) is 6.36. The first-order chi connectivity index (χ1) is 6.98. The van der Waals surface area contributed by atoms with E-state index in [0.29, 0.717) is 17.1 Å². The van der Waals surface area contributed by atoms with Gasteiger partial charge in [-0.15, -0.1) is 11.6 Å². The monoisotopic (exact) mass is 228 g/mol. The van der Waals surface area contributed by atoms with Crippen molar-refractivity contribution in [2.24, 2.45) is 17.3 Å². The van der Waals surface area contributed by atoms with Crippen LogP contribution in [0.1, 0.15) is 33.6 Å². The Balaban J connectivity index is 1.89. The quantitative estimate of drug-likeness (QED) is 0.507. The number of alkyl halides is 1. The minimum Gasteiger partial charge on any atom is -0.405 e. The standard InChI is InChI=1S/C11H18BClO2/c1-10(2)7-4-8(10)11(3)9(5-7)14-12(6-13)15-11/h7-9H,4-6H2,1-3H3/t7-,8-,9-,11+/m0/s1. The minimum absolute atomic E-state index is 0.0855. The molecule has 4 aliphatic rings. The molecule has 15 heavy (non-hydrogen) atoms. The molecule has 3 aliphatic carbocycles. The molecule has 1 aliphatic heterocycles. The predicted molar refractivity (Wildman–Crippen MR) is 60.8 cm³/mol. The molecular weight excluding hydrogens is 210 g/mol. The summed E-state index contributed by atoms with van der Waals surface area (Å²) in [6, 6.07) is 0. The van der Waals surface area contributed by atoms with Crippen LogP contribution in [-0.4, -0.2) is 24.6 Å². The smallest absolute Gasteiger partial charge is 0.405 e. The summed E-state index contributed by atoms with van der Waals surface area (Å²) in [7, 11) is -0.184. The van der Waals surface area contributed by atoms with E-state index in [0.717, 1.165) is 12.3 Å². The van der Waals surface area contributed by atoms with Gasteiger partial charge in [-0.3, -0.25) is 0 Å². The van der Waals surface area contributed by atoms with E-state index >= 15 is 0 Å². The SMILES string of the molecule is CC1(C)[C@@H]2C[C@@H]3OB(CCl)O[C@]3(C)[C@H]1C2. The van der Waals surface area contributed by atoms with Crippen molar-refractivity contribution in [3.63, 3.8) is 0 Å². The van der Waals surface area contributed by atoms with E-state index in [4.69, 9.17) is 20.9 Å². The van der Waals surface area contributed by atoms with E-state index in [1.54, 1.807) is 0 Å². The highest BCUT2D eigenvalue weighted by Crippen LogP contribution is 2.65. The highest BCUT2D eigenvalue weighted by atomic mass is 35.5. The molecule has 84 valence electrons. The molecule has 3 saturated carbocycles. The number of rotatable bonds is 1. The van der Waals surface area contributed by atoms with Crippen molar-refractivity contribution in [1.82, 2.24) is 0 Å². The molecule has 0 aromatic carbocycles. The van der Waals surface area contributed by atoms with Gasteiger partial charge in [0, 0.05) is 0 Å². The van der Waals surface area contributed by atoms with Crippen molar-refractivity contribution < 1.29 is 9.31 Å². The van der Waals surface area contributed by atoms with E-state index in [9.17, 15) is 0 Å². The van der Waals surface area contributed by atoms with E-state index in [1.807, 2.05) is 0 Å². The van der Waals surface area contributed by atoms with Crippen LogP contribution in [0.2, 0.25) is 0 Å². The Morgan fingerprint density at radius 3 is 2.67 bits per heavy atom. The summed E-state index contributed by atoms with van der Waals surface area (Å²) in [5.41, 5.74) is 0.341. The van der Waals surface area contributed by atoms with Gasteiger partial charge in [0.05, 0.1) is 17.5 Å². The largest absolute Gasteiger partial charge is 0.473 e. The van der Waals surface area contributed by atoms with Crippen LogP contribution >= 0.6 is 11.6 Å². The minimum atomic E-state index is -0.184. The van der Waals surface area contributed by atoms with Crippen molar-refractivity contribution >= 4 is 18.7 Å². The lowest BCUT2D eigenvalue weighted by Crippen LogP contribution is -2.65. The first-order valence-corrected chi connectivity index (χ1v) is 6.41. The Morgan fingerprint density at radius 2 is 2.07 bits per heavy atom. The molecule has 4 heteroatoms. The van der Waals surface area contributed by atoms with Crippen LogP contribution in [-0.2, 0) is 9.31 Å². The van der Waals surface area contributed by atoms with Crippen LogP contribution in [0.25, 0.3) is 0 Å². The average molecular weight is 229 g/mol. The van der Waals surface area contributed by atoms with Crippen molar-refractivity contribution in [3.05, 3.63) is 0 Å². The van der Waals surface area contributed by atoms with Crippen molar-refractivity contribution in [3.8, 4) is 0 Å². The van der Waals surface area contributed by atoms with E-state index in [1.165, 1.54) is 6.42 Å². The van der Waals surface area contributed by atoms with Gasteiger partial charge in [-0.05, 0) is 37.0 Å². The summed E-state index contributed by atoms with van der Waals surface area (Å²) < 4.78 is 11.9. The summed E-state index contributed by atoms with van der Waals surface area (Å²) in [4.78, 5) is 0. The van der Waals surface area contributed by atoms with Gasteiger partial charge in [0.25, 0.3) is 0 Å². The number of hydrogen-bond donors (Lipinski definition) is 0. The first kappa shape index (κ1) is 10.4. The third-order valence-corrected chi connectivity index (χ3v) is 5.38. The molecule has 0 spiro atoms. The van der Waals surface area contributed by atoms with Gasteiger partial charge >= 0.3 is 7.12 Å². The second kappa shape index (κ2) is 2.94. The molecule has 0 N–H and O–H groups in total. The number of halogens is 1. The molecule has 2 bridgehead atoms. The summed E-state index contributed by atoms with van der Waals surface area (Å²) in [6.07, 6.45) is 2.73. The topological polar surface area (TPSA) is 18.5 Å². The first-order valence-electron chi connectivity index (χ1n) is 5.87. The Labute approximate surface area is 96.8 Å². The normalized spacial score (nSPS) is 51.2. The maximum absolute atomic E-state index is 6.03. The molecule has 1 heterocycles.